The highest BCUT2D eigenvalue weighted by atomic mass is 35.5. The van der Waals surface area contributed by atoms with Gasteiger partial charge in [-0.2, -0.15) is 18.3 Å². The Kier molecular flexibility index (Phi) is 8.27. The highest BCUT2D eigenvalue weighted by molar-refractivity contribution is 6.23. The lowest BCUT2D eigenvalue weighted by atomic mass is 9.86. The fraction of sp³-hybridized carbons (Fsp3) is 0.450. The first-order valence-corrected chi connectivity index (χ1v) is 10.2. The Balaban J connectivity index is 2.05. The van der Waals surface area contributed by atoms with Crippen LogP contribution in [0.1, 0.15) is 28.9 Å². The van der Waals surface area contributed by atoms with E-state index in [4.69, 9.17) is 23.1 Å². The Morgan fingerprint density at radius 1 is 1.28 bits per heavy atom. The number of amides is 1. The van der Waals surface area contributed by atoms with Crippen LogP contribution in [0.3, 0.4) is 0 Å². The molecule has 8 nitrogen and oxygen atoms in total. The molecule has 0 aliphatic heterocycles. The summed E-state index contributed by atoms with van der Waals surface area (Å²) in [6.45, 7) is 0.724. The van der Waals surface area contributed by atoms with Gasteiger partial charge in [0.05, 0.1) is 34.4 Å². The van der Waals surface area contributed by atoms with E-state index in [9.17, 15) is 27.9 Å². The number of carboxylic acids is 1. The third-order valence-corrected chi connectivity index (χ3v) is 5.84. The minimum Gasteiger partial charge on any atom is -0.480 e. The number of aromatic nitrogens is 2. The Bertz CT molecular complexity index is 938. The SMILES string of the molecule is Cc1c(C(=O)NCC[C@@](N)(C(=O)O)C(Cl)CC(CN)C(F)(F)F)cnn1-c1ccccc1. The van der Waals surface area contributed by atoms with Crippen molar-refractivity contribution in [2.75, 3.05) is 13.1 Å². The van der Waals surface area contributed by atoms with Crippen molar-refractivity contribution in [1.82, 2.24) is 15.1 Å². The molecule has 12 heteroatoms. The molecule has 0 saturated heterocycles. The number of rotatable bonds is 10. The first kappa shape index (κ1) is 25.6. The van der Waals surface area contributed by atoms with Gasteiger partial charge in [-0.3, -0.25) is 9.59 Å². The number of para-hydroxylation sites is 1. The Labute approximate surface area is 187 Å². The van der Waals surface area contributed by atoms with Crippen molar-refractivity contribution in [3.63, 3.8) is 0 Å². The van der Waals surface area contributed by atoms with Crippen LogP contribution in [0.25, 0.3) is 5.69 Å². The molecule has 1 amide bonds. The van der Waals surface area contributed by atoms with Gasteiger partial charge in [-0.05, 0) is 31.9 Å². The van der Waals surface area contributed by atoms with Crippen molar-refractivity contribution >= 4 is 23.5 Å². The summed E-state index contributed by atoms with van der Waals surface area (Å²) < 4.78 is 40.5. The molecule has 0 spiro atoms. The van der Waals surface area contributed by atoms with Gasteiger partial charge in [0.1, 0.15) is 5.54 Å². The number of nitrogens with one attached hydrogen (secondary N) is 1. The quantitative estimate of drug-likeness (QED) is 0.389. The maximum atomic E-state index is 13.0. The molecule has 3 atom stereocenters. The van der Waals surface area contributed by atoms with Crippen molar-refractivity contribution < 1.29 is 27.9 Å². The molecule has 0 saturated carbocycles. The molecule has 32 heavy (non-hydrogen) atoms. The number of hydrogen-bond donors (Lipinski definition) is 4. The lowest BCUT2D eigenvalue weighted by molar-refractivity contribution is -0.175. The molecule has 0 fully saturated rings. The van der Waals surface area contributed by atoms with Crippen molar-refractivity contribution in [2.24, 2.45) is 17.4 Å². The fourth-order valence-corrected chi connectivity index (χ4v) is 3.58. The van der Waals surface area contributed by atoms with Gasteiger partial charge in [-0.25, -0.2) is 4.68 Å². The van der Waals surface area contributed by atoms with Crippen LogP contribution < -0.4 is 16.8 Å². The second-order valence-corrected chi connectivity index (χ2v) is 7.95. The predicted octanol–water partition coefficient (Wildman–Crippen LogP) is 2.22. The number of aliphatic carboxylic acids is 1. The van der Waals surface area contributed by atoms with Gasteiger partial charge in [0.2, 0.25) is 0 Å². The normalized spacial score (nSPS) is 15.6. The number of alkyl halides is 4. The van der Waals surface area contributed by atoms with E-state index in [1.54, 1.807) is 11.6 Å². The molecule has 1 aromatic heterocycles. The van der Waals surface area contributed by atoms with Gasteiger partial charge in [0.15, 0.2) is 0 Å². The molecular formula is C20H25ClF3N5O3. The van der Waals surface area contributed by atoms with Gasteiger partial charge in [-0.1, -0.05) is 18.2 Å². The maximum Gasteiger partial charge on any atom is 0.393 e. The van der Waals surface area contributed by atoms with E-state index < -0.39 is 47.9 Å². The number of halogens is 4. The van der Waals surface area contributed by atoms with Crippen molar-refractivity contribution in [2.45, 2.75) is 36.9 Å². The minimum absolute atomic E-state index is 0.222. The molecule has 1 aromatic carbocycles. The Morgan fingerprint density at radius 2 is 1.91 bits per heavy atom. The summed E-state index contributed by atoms with van der Waals surface area (Å²) in [6, 6.07) is 9.10. The van der Waals surface area contributed by atoms with Crippen LogP contribution in [-0.4, -0.2) is 56.9 Å². The first-order chi connectivity index (χ1) is 14.9. The van der Waals surface area contributed by atoms with E-state index in [0.29, 0.717) is 5.69 Å². The van der Waals surface area contributed by atoms with Gasteiger partial charge in [-0.15, -0.1) is 11.6 Å². The summed E-state index contributed by atoms with van der Waals surface area (Å²) in [5.41, 5.74) is 10.4. The number of nitrogens with two attached hydrogens (primary N) is 2. The standard InChI is InChI=1S/C20H25ClF3N5O3/c1-12-15(11-28-29(12)14-5-3-2-4-6-14)17(30)27-8-7-19(26,18(31)32)16(21)9-13(10-25)20(22,23)24/h2-6,11,13,16H,7-10,25-26H2,1H3,(H,27,30)(H,31,32)/t13?,16?,19-/m0/s1. The van der Waals surface area contributed by atoms with Crippen LogP contribution in [-0.2, 0) is 4.79 Å². The van der Waals surface area contributed by atoms with Crippen LogP contribution in [0.5, 0.6) is 0 Å². The summed E-state index contributed by atoms with van der Waals surface area (Å²) in [5, 5.41) is 14.6. The molecule has 2 rings (SSSR count). The zero-order valence-electron chi connectivity index (χ0n) is 17.3. The van der Waals surface area contributed by atoms with Crippen LogP contribution in [0.15, 0.2) is 36.5 Å². The topological polar surface area (TPSA) is 136 Å². The zero-order chi connectivity index (χ0) is 24.1. The highest BCUT2D eigenvalue weighted by Crippen LogP contribution is 2.33. The van der Waals surface area contributed by atoms with Crippen LogP contribution in [0.4, 0.5) is 13.2 Å². The molecule has 1 heterocycles. The summed E-state index contributed by atoms with van der Waals surface area (Å²) in [4.78, 5) is 24.2. The van der Waals surface area contributed by atoms with Gasteiger partial charge >= 0.3 is 12.1 Å². The number of carbonyl (C=O) groups is 2. The van der Waals surface area contributed by atoms with Gasteiger partial charge in [0.25, 0.3) is 5.91 Å². The first-order valence-electron chi connectivity index (χ1n) is 9.73. The molecule has 2 aromatic rings. The Morgan fingerprint density at radius 3 is 2.44 bits per heavy atom. The largest absolute Gasteiger partial charge is 0.480 e. The number of hydrogen-bond acceptors (Lipinski definition) is 5. The molecule has 2 unspecified atom stereocenters. The molecular weight excluding hydrogens is 451 g/mol. The van der Waals surface area contributed by atoms with Crippen molar-refractivity contribution in [3.8, 4) is 5.69 Å². The van der Waals surface area contributed by atoms with Crippen molar-refractivity contribution in [3.05, 3.63) is 47.8 Å². The van der Waals surface area contributed by atoms with E-state index in [-0.39, 0.29) is 18.5 Å². The minimum atomic E-state index is -4.63. The zero-order valence-corrected chi connectivity index (χ0v) is 18.0. The molecule has 0 bridgehead atoms. The second-order valence-electron chi connectivity index (χ2n) is 7.42. The maximum absolute atomic E-state index is 13.0. The monoisotopic (exact) mass is 475 g/mol. The average Bonchev–Trinajstić information content (AvgIpc) is 3.12. The number of benzene rings is 1. The molecule has 0 aliphatic rings. The molecule has 0 radical (unpaired) electrons. The lowest BCUT2D eigenvalue weighted by Crippen LogP contribution is -2.58. The molecule has 176 valence electrons. The van der Waals surface area contributed by atoms with E-state index in [0.717, 1.165) is 5.69 Å². The predicted molar refractivity (Wildman–Crippen MR) is 113 cm³/mol. The lowest BCUT2D eigenvalue weighted by Gasteiger charge is -2.32. The summed E-state index contributed by atoms with van der Waals surface area (Å²) >= 11 is 6.00. The molecule has 0 aliphatic carbocycles. The number of carboxylic acid groups (broad SMARTS) is 1. The second kappa shape index (κ2) is 10.3. The number of nitrogens with zero attached hydrogens (tertiary/aromatic N) is 2. The van der Waals surface area contributed by atoms with E-state index in [2.05, 4.69) is 10.4 Å². The Hall–Kier alpha value is -2.63. The van der Waals surface area contributed by atoms with Crippen LogP contribution in [0.2, 0.25) is 0 Å². The van der Waals surface area contributed by atoms with Gasteiger partial charge in [0, 0.05) is 13.1 Å². The van der Waals surface area contributed by atoms with Crippen molar-refractivity contribution in [1.29, 1.82) is 0 Å². The van der Waals surface area contributed by atoms with Crippen LogP contribution >= 0.6 is 11.6 Å². The summed E-state index contributed by atoms with van der Waals surface area (Å²) in [6.07, 6.45) is -4.42. The number of carbonyl (C=O) groups excluding carboxylic acids is 1. The average molecular weight is 476 g/mol. The fourth-order valence-electron chi connectivity index (χ4n) is 3.16. The molecule has 6 N–H and O–H groups in total. The highest BCUT2D eigenvalue weighted by Gasteiger charge is 2.47. The summed E-state index contributed by atoms with van der Waals surface area (Å²) in [7, 11) is 0. The van der Waals surface area contributed by atoms with E-state index in [1.807, 2.05) is 30.3 Å². The van der Waals surface area contributed by atoms with E-state index in [1.165, 1.54) is 6.20 Å². The summed E-state index contributed by atoms with van der Waals surface area (Å²) in [5.74, 6) is -4.09. The third-order valence-electron chi connectivity index (χ3n) is 5.28. The van der Waals surface area contributed by atoms with Gasteiger partial charge < -0.3 is 21.9 Å². The third kappa shape index (κ3) is 5.78. The van der Waals surface area contributed by atoms with E-state index >= 15 is 0 Å². The smallest absolute Gasteiger partial charge is 0.393 e. The van der Waals surface area contributed by atoms with Crippen LogP contribution in [0, 0.1) is 12.8 Å².